The summed E-state index contributed by atoms with van der Waals surface area (Å²) in [5, 5.41) is 11.1. The van der Waals surface area contributed by atoms with Gasteiger partial charge < -0.3 is 10.4 Å². The summed E-state index contributed by atoms with van der Waals surface area (Å²) in [5.41, 5.74) is 0.200. The molecule has 1 fully saturated rings. The van der Waals surface area contributed by atoms with Crippen LogP contribution in [-0.4, -0.2) is 30.2 Å². The highest BCUT2D eigenvalue weighted by atomic mass is 19.3. The number of aliphatic hydroxyl groups excluding tert-OH is 1. The van der Waals surface area contributed by atoms with Gasteiger partial charge in [0.15, 0.2) is 0 Å². The van der Waals surface area contributed by atoms with E-state index in [1.54, 1.807) is 0 Å². The summed E-state index contributed by atoms with van der Waals surface area (Å²) in [4.78, 5) is 0. The summed E-state index contributed by atoms with van der Waals surface area (Å²) in [5.74, 6) is -2.99. The van der Waals surface area contributed by atoms with Crippen LogP contribution in [-0.2, 0) is 0 Å². The van der Waals surface area contributed by atoms with Gasteiger partial charge in [-0.3, -0.25) is 0 Å². The van der Waals surface area contributed by atoms with E-state index in [-0.39, 0.29) is 11.5 Å². The van der Waals surface area contributed by atoms with Crippen molar-refractivity contribution in [2.24, 2.45) is 5.41 Å². The van der Waals surface area contributed by atoms with Crippen LogP contribution in [0, 0.1) is 5.41 Å². The van der Waals surface area contributed by atoms with Crippen LogP contribution in [0.3, 0.4) is 0 Å². The van der Waals surface area contributed by atoms with Crippen LogP contribution >= 0.6 is 0 Å². The molecule has 0 bridgehead atoms. The predicted molar refractivity (Wildman–Crippen MR) is 46.8 cm³/mol. The molecule has 2 N–H and O–H groups in total. The Hall–Kier alpha value is -0.220. The second-order valence-corrected chi connectivity index (χ2v) is 4.27. The van der Waals surface area contributed by atoms with Crippen LogP contribution in [0.2, 0.25) is 0 Å². The van der Waals surface area contributed by atoms with Crippen LogP contribution in [0.5, 0.6) is 0 Å². The van der Waals surface area contributed by atoms with Crippen LogP contribution < -0.4 is 5.32 Å². The van der Waals surface area contributed by atoms with Crippen molar-refractivity contribution in [3.8, 4) is 0 Å². The molecule has 0 heterocycles. The molecule has 1 aliphatic carbocycles. The van der Waals surface area contributed by atoms with E-state index in [4.69, 9.17) is 5.11 Å². The monoisotopic (exact) mass is 193 g/mol. The maximum Gasteiger partial charge on any atom is 0.282 e. The molecule has 0 aromatic rings. The number of alkyl halides is 2. The van der Waals surface area contributed by atoms with Gasteiger partial charge in [-0.1, -0.05) is 6.92 Å². The third-order valence-corrected chi connectivity index (χ3v) is 2.98. The second kappa shape index (κ2) is 3.50. The first-order chi connectivity index (χ1) is 5.90. The van der Waals surface area contributed by atoms with Crippen LogP contribution in [0.4, 0.5) is 8.78 Å². The molecule has 0 spiro atoms. The summed E-state index contributed by atoms with van der Waals surface area (Å²) < 4.78 is 25.2. The Kier molecular flexibility index (Phi) is 2.92. The number of aliphatic hydroxyl groups is 1. The topological polar surface area (TPSA) is 32.3 Å². The number of halogens is 2. The Bertz CT molecular complexity index is 180. The van der Waals surface area contributed by atoms with Gasteiger partial charge in [0.25, 0.3) is 5.92 Å². The summed E-state index contributed by atoms with van der Waals surface area (Å²) in [6, 6.07) is 0.102. The molecule has 1 rings (SSSR count). The van der Waals surface area contributed by atoms with Crippen molar-refractivity contribution < 1.29 is 13.9 Å². The smallest absolute Gasteiger partial charge is 0.282 e. The number of nitrogens with one attached hydrogen (secondary N) is 1. The fraction of sp³-hybridized carbons (Fsp3) is 1.00. The lowest BCUT2D eigenvalue weighted by Gasteiger charge is -2.23. The van der Waals surface area contributed by atoms with E-state index < -0.39 is 19.1 Å². The molecule has 0 radical (unpaired) electrons. The third-order valence-electron chi connectivity index (χ3n) is 2.98. The van der Waals surface area contributed by atoms with E-state index in [2.05, 4.69) is 12.2 Å². The first-order valence-corrected chi connectivity index (χ1v) is 4.62. The first kappa shape index (κ1) is 10.9. The molecule has 0 aromatic carbocycles. The highest BCUT2D eigenvalue weighted by Gasteiger charge is 2.43. The van der Waals surface area contributed by atoms with Crippen LogP contribution in [0.1, 0.15) is 26.7 Å². The standard InChI is InChI=1S/C9H17F2NO/c1-7(8(2)3-4-8)12-5-9(10,11)6-13/h7,12-13H,3-6H2,1-2H3. The maximum absolute atomic E-state index is 12.6. The van der Waals surface area contributed by atoms with Gasteiger partial charge in [-0.05, 0) is 25.2 Å². The minimum absolute atomic E-state index is 0.102. The molecular weight excluding hydrogens is 176 g/mol. The van der Waals surface area contributed by atoms with Crippen molar-refractivity contribution in [3.05, 3.63) is 0 Å². The van der Waals surface area contributed by atoms with Gasteiger partial charge in [0, 0.05) is 6.04 Å². The summed E-state index contributed by atoms with van der Waals surface area (Å²) in [7, 11) is 0. The van der Waals surface area contributed by atoms with Crippen molar-refractivity contribution in [2.75, 3.05) is 13.2 Å². The fourth-order valence-corrected chi connectivity index (χ4v) is 1.23. The molecule has 78 valence electrons. The lowest BCUT2D eigenvalue weighted by atomic mass is 10.0. The van der Waals surface area contributed by atoms with Gasteiger partial charge in [0.1, 0.15) is 6.61 Å². The quantitative estimate of drug-likeness (QED) is 0.691. The van der Waals surface area contributed by atoms with Gasteiger partial charge in [-0.15, -0.1) is 0 Å². The molecule has 0 saturated heterocycles. The Morgan fingerprint density at radius 3 is 2.46 bits per heavy atom. The molecule has 0 aliphatic heterocycles. The Morgan fingerprint density at radius 2 is 2.08 bits per heavy atom. The number of rotatable bonds is 5. The molecule has 0 aromatic heterocycles. The van der Waals surface area contributed by atoms with E-state index in [1.165, 1.54) is 0 Å². The molecular formula is C9H17F2NO. The second-order valence-electron chi connectivity index (χ2n) is 4.27. The zero-order valence-corrected chi connectivity index (χ0v) is 8.11. The Morgan fingerprint density at radius 1 is 1.54 bits per heavy atom. The maximum atomic E-state index is 12.6. The highest BCUT2D eigenvalue weighted by Crippen LogP contribution is 2.47. The van der Waals surface area contributed by atoms with E-state index in [9.17, 15) is 8.78 Å². The molecule has 1 saturated carbocycles. The zero-order valence-electron chi connectivity index (χ0n) is 8.11. The van der Waals surface area contributed by atoms with Gasteiger partial charge >= 0.3 is 0 Å². The van der Waals surface area contributed by atoms with Crippen molar-refractivity contribution in [1.82, 2.24) is 5.32 Å². The molecule has 0 amide bonds. The Balaban J connectivity index is 2.26. The van der Waals surface area contributed by atoms with Crippen molar-refractivity contribution in [3.63, 3.8) is 0 Å². The van der Waals surface area contributed by atoms with Crippen molar-refractivity contribution in [2.45, 2.75) is 38.7 Å². The minimum atomic E-state index is -2.99. The number of hydrogen-bond donors (Lipinski definition) is 2. The zero-order chi connectivity index (χ0) is 10.1. The normalized spacial score (nSPS) is 22.8. The van der Waals surface area contributed by atoms with Crippen molar-refractivity contribution in [1.29, 1.82) is 0 Å². The highest BCUT2D eigenvalue weighted by molar-refractivity contribution is 4.96. The molecule has 2 nitrogen and oxygen atoms in total. The largest absolute Gasteiger partial charge is 0.390 e. The predicted octanol–water partition coefficient (Wildman–Crippen LogP) is 1.39. The van der Waals surface area contributed by atoms with E-state index >= 15 is 0 Å². The average Bonchev–Trinajstić information content (AvgIpc) is 2.81. The Labute approximate surface area is 77.3 Å². The molecule has 1 atom stereocenters. The molecule has 1 aliphatic rings. The van der Waals surface area contributed by atoms with E-state index in [0.29, 0.717) is 0 Å². The lowest BCUT2D eigenvalue weighted by molar-refractivity contribution is -0.0501. The summed E-state index contributed by atoms with van der Waals surface area (Å²) in [6.07, 6.45) is 2.21. The SMILES string of the molecule is CC(NCC(F)(F)CO)C1(C)CC1. The summed E-state index contributed by atoms with van der Waals surface area (Å²) in [6.45, 7) is 2.49. The first-order valence-electron chi connectivity index (χ1n) is 4.62. The van der Waals surface area contributed by atoms with Crippen LogP contribution in [0.25, 0.3) is 0 Å². The number of hydrogen-bond acceptors (Lipinski definition) is 2. The minimum Gasteiger partial charge on any atom is -0.390 e. The lowest BCUT2D eigenvalue weighted by Crippen LogP contribution is -2.43. The van der Waals surface area contributed by atoms with Gasteiger partial charge in [0.2, 0.25) is 0 Å². The average molecular weight is 193 g/mol. The van der Waals surface area contributed by atoms with E-state index in [1.807, 2.05) is 6.92 Å². The molecule has 1 unspecified atom stereocenters. The fourth-order valence-electron chi connectivity index (χ4n) is 1.23. The molecule has 4 heteroatoms. The molecule has 13 heavy (non-hydrogen) atoms. The van der Waals surface area contributed by atoms with Gasteiger partial charge in [-0.25, -0.2) is 8.78 Å². The summed E-state index contributed by atoms with van der Waals surface area (Å²) >= 11 is 0. The van der Waals surface area contributed by atoms with Crippen LogP contribution in [0.15, 0.2) is 0 Å². The van der Waals surface area contributed by atoms with Gasteiger partial charge in [-0.2, -0.15) is 0 Å². The third kappa shape index (κ3) is 2.88. The van der Waals surface area contributed by atoms with Gasteiger partial charge in [0.05, 0.1) is 6.54 Å². The van der Waals surface area contributed by atoms with Crippen molar-refractivity contribution >= 4 is 0 Å². The van der Waals surface area contributed by atoms with E-state index in [0.717, 1.165) is 12.8 Å².